The molecular formula is C14H24N2O2. The van der Waals surface area contributed by atoms with Crippen molar-refractivity contribution in [2.75, 3.05) is 19.8 Å². The van der Waals surface area contributed by atoms with Gasteiger partial charge < -0.3 is 9.47 Å². The lowest BCUT2D eigenvalue weighted by molar-refractivity contribution is -0.0950. The van der Waals surface area contributed by atoms with Crippen LogP contribution in [0.5, 0.6) is 0 Å². The summed E-state index contributed by atoms with van der Waals surface area (Å²) in [5.74, 6) is 0. The average molecular weight is 252 g/mol. The van der Waals surface area contributed by atoms with E-state index in [1.165, 1.54) is 5.69 Å². The van der Waals surface area contributed by atoms with E-state index >= 15 is 0 Å². The lowest BCUT2D eigenvalue weighted by Gasteiger charge is -2.26. The molecule has 4 nitrogen and oxygen atoms in total. The molecule has 1 fully saturated rings. The Bertz CT molecular complexity index is 387. The number of hydrogen-bond donors (Lipinski definition) is 0. The highest BCUT2D eigenvalue weighted by Gasteiger charge is 2.23. The van der Waals surface area contributed by atoms with Crippen LogP contribution < -0.4 is 0 Å². The van der Waals surface area contributed by atoms with Crippen molar-refractivity contribution >= 4 is 0 Å². The van der Waals surface area contributed by atoms with Crippen molar-refractivity contribution < 1.29 is 9.47 Å². The van der Waals surface area contributed by atoms with Crippen LogP contribution in [0.2, 0.25) is 0 Å². The molecule has 0 aliphatic carbocycles. The fourth-order valence-electron chi connectivity index (χ4n) is 2.22. The molecule has 2 rings (SSSR count). The summed E-state index contributed by atoms with van der Waals surface area (Å²) in [6.07, 6.45) is 1.10. The Balaban J connectivity index is 2.17. The second-order valence-corrected chi connectivity index (χ2v) is 5.87. The first-order valence-corrected chi connectivity index (χ1v) is 6.77. The van der Waals surface area contributed by atoms with Crippen molar-refractivity contribution in [2.24, 2.45) is 0 Å². The van der Waals surface area contributed by atoms with E-state index in [4.69, 9.17) is 9.47 Å². The molecule has 0 spiro atoms. The van der Waals surface area contributed by atoms with Crippen LogP contribution >= 0.6 is 0 Å². The topological polar surface area (TPSA) is 36.3 Å². The monoisotopic (exact) mass is 252 g/mol. The molecule has 1 atom stereocenters. The molecule has 4 heteroatoms. The zero-order valence-corrected chi connectivity index (χ0v) is 11.9. The number of nitrogens with zero attached hydrogens (tertiary/aromatic N) is 2. The van der Waals surface area contributed by atoms with Crippen molar-refractivity contribution in [3.8, 4) is 0 Å². The van der Waals surface area contributed by atoms with E-state index in [9.17, 15) is 0 Å². The molecule has 0 amide bonds. The number of rotatable bonds is 3. The fourth-order valence-corrected chi connectivity index (χ4v) is 2.22. The Hall–Kier alpha value is -0.870. The molecule has 1 aliphatic rings. The van der Waals surface area contributed by atoms with Crippen LogP contribution in [0, 0.1) is 0 Å². The first-order valence-electron chi connectivity index (χ1n) is 6.77. The number of ether oxygens (including phenoxy) is 2. The van der Waals surface area contributed by atoms with E-state index < -0.39 is 0 Å². The number of aryl methyl sites for hydroxylation is 1. The molecule has 102 valence electrons. The smallest absolute Gasteiger partial charge is 0.100 e. The highest BCUT2D eigenvalue weighted by Crippen LogP contribution is 2.24. The van der Waals surface area contributed by atoms with Crippen molar-refractivity contribution in [3.63, 3.8) is 0 Å². The van der Waals surface area contributed by atoms with Crippen molar-refractivity contribution in [2.45, 2.75) is 52.2 Å². The van der Waals surface area contributed by atoms with Gasteiger partial charge in [-0.25, -0.2) is 0 Å². The fraction of sp³-hybridized carbons (Fsp3) is 0.786. The summed E-state index contributed by atoms with van der Waals surface area (Å²) in [5.41, 5.74) is 2.53. The Labute approximate surface area is 109 Å². The third-order valence-electron chi connectivity index (χ3n) is 3.22. The van der Waals surface area contributed by atoms with E-state index in [-0.39, 0.29) is 11.5 Å². The van der Waals surface area contributed by atoms with Gasteiger partial charge in [0, 0.05) is 11.1 Å². The molecule has 1 aliphatic heterocycles. The highest BCUT2D eigenvalue weighted by atomic mass is 16.6. The van der Waals surface area contributed by atoms with Gasteiger partial charge in [-0.1, -0.05) is 27.7 Å². The minimum Gasteiger partial charge on any atom is -0.376 e. The number of hydrogen-bond acceptors (Lipinski definition) is 3. The third kappa shape index (κ3) is 3.12. The summed E-state index contributed by atoms with van der Waals surface area (Å²) in [6, 6.07) is 2.21. The maximum Gasteiger partial charge on any atom is 0.100 e. The van der Waals surface area contributed by atoms with Crippen LogP contribution in [0.15, 0.2) is 6.07 Å². The third-order valence-corrected chi connectivity index (χ3v) is 3.22. The maximum atomic E-state index is 5.71. The van der Waals surface area contributed by atoms with Gasteiger partial charge in [0.05, 0.1) is 32.1 Å². The molecule has 1 saturated heterocycles. The van der Waals surface area contributed by atoms with Gasteiger partial charge >= 0.3 is 0 Å². The molecule has 2 heterocycles. The average Bonchev–Trinajstić information content (AvgIpc) is 2.73. The molecular weight excluding hydrogens is 228 g/mol. The van der Waals surface area contributed by atoms with Gasteiger partial charge in [0.25, 0.3) is 0 Å². The summed E-state index contributed by atoms with van der Waals surface area (Å²) < 4.78 is 13.2. The van der Waals surface area contributed by atoms with E-state index in [0.29, 0.717) is 19.8 Å². The zero-order valence-electron chi connectivity index (χ0n) is 11.9. The summed E-state index contributed by atoms with van der Waals surface area (Å²) in [7, 11) is 0. The molecule has 0 bridgehead atoms. The van der Waals surface area contributed by atoms with Gasteiger partial charge in [0.15, 0.2) is 0 Å². The van der Waals surface area contributed by atoms with Crippen molar-refractivity contribution in [3.05, 3.63) is 17.5 Å². The summed E-state index contributed by atoms with van der Waals surface area (Å²) in [5, 5.41) is 4.67. The van der Waals surface area contributed by atoms with Crippen molar-refractivity contribution in [1.82, 2.24) is 9.78 Å². The molecule has 0 aromatic carbocycles. The SMILES string of the molecule is CCc1cc(C(C)(C)C)n(CC2COCCO2)n1. The molecule has 1 unspecified atom stereocenters. The minimum absolute atomic E-state index is 0.107. The number of aromatic nitrogens is 2. The van der Waals surface area contributed by atoms with Gasteiger partial charge in [0.2, 0.25) is 0 Å². The molecule has 0 saturated carbocycles. The molecule has 0 N–H and O–H groups in total. The normalized spacial score (nSPS) is 21.2. The van der Waals surface area contributed by atoms with Gasteiger partial charge in [-0.05, 0) is 12.5 Å². The van der Waals surface area contributed by atoms with Gasteiger partial charge in [-0.3, -0.25) is 4.68 Å². The Morgan fingerprint density at radius 3 is 2.72 bits per heavy atom. The maximum absolute atomic E-state index is 5.71. The predicted molar refractivity (Wildman–Crippen MR) is 70.9 cm³/mol. The predicted octanol–water partition coefficient (Wildman–Crippen LogP) is 2.16. The lowest BCUT2D eigenvalue weighted by Crippen LogP contribution is -2.34. The van der Waals surface area contributed by atoms with Gasteiger partial charge in [-0.2, -0.15) is 5.10 Å². The van der Waals surface area contributed by atoms with E-state index in [1.54, 1.807) is 0 Å². The Kier molecular flexibility index (Phi) is 4.07. The molecule has 1 aromatic heterocycles. The first kappa shape index (κ1) is 13.6. The van der Waals surface area contributed by atoms with Crippen LogP contribution in [0.4, 0.5) is 0 Å². The van der Waals surface area contributed by atoms with E-state index in [1.807, 2.05) is 0 Å². The Morgan fingerprint density at radius 1 is 1.39 bits per heavy atom. The van der Waals surface area contributed by atoms with Crippen LogP contribution in [-0.2, 0) is 27.9 Å². The second kappa shape index (κ2) is 5.41. The lowest BCUT2D eigenvalue weighted by atomic mass is 9.91. The summed E-state index contributed by atoms with van der Waals surface area (Å²) in [4.78, 5) is 0. The molecule has 1 aromatic rings. The molecule has 0 radical (unpaired) electrons. The van der Waals surface area contributed by atoms with E-state index in [0.717, 1.165) is 18.7 Å². The quantitative estimate of drug-likeness (QED) is 0.827. The summed E-state index contributed by atoms with van der Waals surface area (Å²) in [6.45, 7) is 11.7. The summed E-state index contributed by atoms with van der Waals surface area (Å²) >= 11 is 0. The van der Waals surface area contributed by atoms with Crippen LogP contribution in [0.3, 0.4) is 0 Å². The minimum atomic E-state index is 0.107. The highest BCUT2D eigenvalue weighted by molar-refractivity contribution is 5.18. The van der Waals surface area contributed by atoms with E-state index in [2.05, 4.69) is 43.5 Å². The first-order chi connectivity index (χ1) is 8.50. The van der Waals surface area contributed by atoms with Crippen LogP contribution in [0.25, 0.3) is 0 Å². The van der Waals surface area contributed by atoms with Gasteiger partial charge in [-0.15, -0.1) is 0 Å². The largest absolute Gasteiger partial charge is 0.376 e. The standard InChI is InChI=1S/C14H24N2O2/c1-5-11-8-13(14(2,3)4)16(15-11)9-12-10-17-6-7-18-12/h8,12H,5-7,9-10H2,1-4H3. The van der Waals surface area contributed by atoms with Crippen LogP contribution in [0.1, 0.15) is 39.1 Å². The van der Waals surface area contributed by atoms with Gasteiger partial charge in [0.1, 0.15) is 6.10 Å². The Morgan fingerprint density at radius 2 is 2.17 bits per heavy atom. The zero-order chi connectivity index (χ0) is 13.2. The molecule has 18 heavy (non-hydrogen) atoms. The second-order valence-electron chi connectivity index (χ2n) is 5.87. The van der Waals surface area contributed by atoms with Crippen LogP contribution in [-0.4, -0.2) is 35.7 Å². The van der Waals surface area contributed by atoms with Crippen molar-refractivity contribution in [1.29, 1.82) is 0 Å².